The average molecular weight is 238 g/mol. The van der Waals surface area contributed by atoms with Gasteiger partial charge in [-0.15, -0.1) is 13.3 Å². The third-order valence-electron chi connectivity index (χ3n) is 1.82. The van der Waals surface area contributed by atoms with E-state index in [0.29, 0.717) is 0 Å². The zero-order valence-electron chi connectivity index (χ0n) is 7.02. The Morgan fingerprint density at radius 1 is 1.09 bits per heavy atom. The molecule has 0 saturated heterocycles. The molecule has 0 heterocycles. The van der Waals surface area contributed by atoms with Gasteiger partial charge in [0, 0.05) is 26.2 Å². The molecule has 0 aromatic rings. The van der Waals surface area contributed by atoms with E-state index in [-0.39, 0.29) is 35.6 Å². The summed E-state index contributed by atoms with van der Waals surface area (Å²) in [6.07, 6.45) is 4.31. The first-order valence-corrected chi connectivity index (χ1v) is 2.96. The van der Waals surface area contributed by atoms with Crippen molar-refractivity contribution >= 4 is 0 Å². The molecule has 0 atom stereocenters. The minimum absolute atomic E-state index is 0. The minimum atomic E-state index is 0. The van der Waals surface area contributed by atoms with E-state index in [1.165, 1.54) is 16.7 Å². The molecule has 0 unspecified atom stereocenters. The molecule has 0 aliphatic heterocycles. The van der Waals surface area contributed by atoms with Gasteiger partial charge in [0.25, 0.3) is 0 Å². The van der Waals surface area contributed by atoms with Crippen molar-refractivity contribution in [3.05, 3.63) is 22.8 Å². The van der Waals surface area contributed by atoms with Crippen molar-refractivity contribution in [1.82, 2.24) is 0 Å². The summed E-state index contributed by atoms with van der Waals surface area (Å²) in [4.78, 5) is 0. The Kier molecular flexibility index (Phi) is 10.9. The normalized spacial score (nSPS) is 14.3. The molecule has 0 N–H and O–H groups in total. The monoisotopic (exact) mass is 237 g/mol. The predicted octanol–water partition coefficient (Wildman–Crippen LogP) is 2.78. The molecule has 64 valence electrons. The summed E-state index contributed by atoms with van der Waals surface area (Å²) in [6, 6.07) is 0. The van der Waals surface area contributed by atoms with Gasteiger partial charge < -0.3 is 0 Å². The van der Waals surface area contributed by atoms with Gasteiger partial charge >= 0.3 is 0 Å². The summed E-state index contributed by atoms with van der Waals surface area (Å²) in [5.41, 5.74) is 4.25. The number of rotatable bonds is 0. The Balaban J connectivity index is -0.000000213. The largest absolute Gasteiger partial charge is 0.269 e. The van der Waals surface area contributed by atoms with Crippen molar-refractivity contribution in [3.8, 4) is 0 Å². The number of allylic oxidation sites excluding steroid dienone is 4. The van der Waals surface area contributed by atoms with Gasteiger partial charge in [-0.1, -0.05) is 13.8 Å². The Labute approximate surface area is 85.6 Å². The molecular formula is C8H13F2Zr-. The van der Waals surface area contributed by atoms with E-state index < -0.39 is 0 Å². The fraction of sp³-hybridized carbons (Fsp3) is 0.500. The van der Waals surface area contributed by atoms with Crippen LogP contribution in [0.3, 0.4) is 0 Å². The zero-order valence-corrected chi connectivity index (χ0v) is 9.48. The second kappa shape index (κ2) is 6.90. The van der Waals surface area contributed by atoms with Crippen LogP contribution in [-0.4, -0.2) is 0 Å². The van der Waals surface area contributed by atoms with Gasteiger partial charge in [0.1, 0.15) is 0 Å². The molecule has 0 bridgehead atoms. The minimum Gasteiger partial charge on any atom is -0.269 e. The molecule has 0 fully saturated rings. The van der Waals surface area contributed by atoms with Crippen LogP contribution in [0, 0.1) is 6.08 Å². The van der Waals surface area contributed by atoms with Crippen molar-refractivity contribution in [1.29, 1.82) is 0 Å². The van der Waals surface area contributed by atoms with Crippen LogP contribution in [0.5, 0.6) is 0 Å². The molecule has 0 nitrogen and oxygen atoms in total. The van der Waals surface area contributed by atoms with Gasteiger partial charge in [-0.05, 0) is 0 Å². The van der Waals surface area contributed by atoms with Crippen LogP contribution < -0.4 is 0 Å². The van der Waals surface area contributed by atoms with Gasteiger partial charge in [-0.25, -0.2) is 5.57 Å². The second-order valence-corrected chi connectivity index (χ2v) is 2.38. The van der Waals surface area contributed by atoms with Crippen molar-refractivity contribution in [2.45, 2.75) is 27.2 Å². The van der Waals surface area contributed by atoms with Crippen LogP contribution in [0.2, 0.25) is 0 Å². The van der Waals surface area contributed by atoms with Crippen molar-refractivity contribution in [2.75, 3.05) is 0 Å². The summed E-state index contributed by atoms with van der Waals surface area (Å²) in [7, 11) is 0. The van der Waals surface area contributed by atoms with Gasteiger partial charge in [-0.3, -0.25) is 15.5 Å². The average Bonchev–Trinajstić information content (AvgIpc) is 1.98. The second-order valence-electron chi connectivity index (χ2n) is 2.38. The van der Waals surface area contributed by atoms with Crippen molar-refractivity contribution in [2.24, 2.45) is 0 Å². The SMILES string of the molecule is CC1=[C-]CC(C)=C1C.F.F.[Zr]. The van der Waals surface area contributed by atoms with Crippen molar-refractivity contribution < 1.29 is 35.6 Å². The number of hydrogen-bond acceptors (Lipinski definition) is 0. The topological polar surface area (TPSA) is 0 Å². The van der Waals surface area contributed by atoms with Crippen LogP contribution in [0.15, 0.2) is 16.7 Å². The molecule has 1 rings (SSSR count). The standard InChI is InChI=1S/C8H11.2FH.Zr/c1-6-4-5-7(2)8(6)3;;;/h4H2,1-3H3;2*1H;/q-1;;;. The Morgan fingerprint density at radius 2 is 1.55 bits per heavy atom. The first-order valence-electron chi connectivity index (χ1n) is 2.96. The van der Waals surface area contributed by atoms with Crippen LogP contribution in [0.1, 0.15) is 27.2 Å². The molecule has 0 aromatic heterocycles. The predicted molar refractivity (Wildman–Crippen MR) is 40.4 cm³/mol. The van der Waals surface area contributed by atoms with Gasteiger partial charge in [-0.2, -0.15) is 11.1 Å². The van der Waals surface area contributed by atoms with E-state index >= 15 is 0 Å². The van der Waals surface area contributed by atoms with E-state index in [2.05, 4.69) is 26.8 Å². The van der Waals surface area contributed by atoms with Crippen LogP contribution in [0.4, 0.5) is 9.41 Å². The van der Waals surface area contributed by atoms with Gasteiger partial charge in [0.15, 0.2) is 0 Å². The zero-order chi connectivity index (χ0) is 6.15. The summed E-state index contributed by atoms with van der Waals surface area (Å²) < 4.78 is 0. The molecule has 11 heavy (non-hydrogen) atoms. The maximum absolute atomic E-state index is 3.26. The summed E-state index contributed by atoms with van der Waals surface area (Å²) in [5.74, 6) is 0. The molecule has 1 aliphatic rings. The molecule has 0 saturated carbocycles. The Morgan fingerprint density at radius 3 is 1.64 bits per heavy atom. The van der Waals surface area contributed by atoms with Crippen molar-refractivity contribution in [3.63, 3.8) is 0 Å². The molecule has 0 aromatic carbocycles. The fourth-order valence-corrected chi connectivity index (χ4v) is 0.850. The Bertz CT molecular complexity index is 165. The van der Waals surface area contributed by atoms with Crippen LogP contribution in [-0.2, 0) is 26.2 Å². The number of hydrogen-bond donors (Lipinski definition) is 0. The number of halogens is 2. The molecular weight excluding hydrogens is 225 g/mol. The summed E-state index contributed by atoms with van der Waals surface area (Å²) in [5, 5.41) is 0. The maximum atomic E-state index is 3.26. The third kappa shape index (κ3) is 3.95. The molecule has 1 aliphatic carbocycles. The quantitative estimate of drug-likeness (QED) is 0.569. The smallest absolute Gasteiger partial charge is 0 e. The fourth-order valence-electron chi connectivity index (χ4n) is 0.850. The molecule has 3 heteroatoms. The van der Waals surface area contributed by atoms with Gasteiger partial charge in [0.2, 0.25) is 0 Å². The Hall–Kier alpha value is 0.223. The van der Waals surface area contributed by atoms with E-state index in [0.717, 1.165) is 6.42 Å². The van der Waals surface area contributed by atoms with Crippen LogP contribution in [0.25, 0.3) is 0 Å². The molecule has 0 radical (unpaired) electrons. The third-order valence-corrected chi connectivity index (χ3v) is 1.82. The summed E-state index contributed by atoms with van der Waals surface area (Å²) in [6.45, 7) is 6.44. The molecule has 0 spiro atoms. The van der Waals surface area contributed by atoms with E-state index in [1.54, 1.807) is 0 Å². The first kappa shape index (κ1) is 17.3. The van der Waals surface area contributed by atoms with Crippen LogP contribution >= 0.6 is 0 Å². The molecule has 0 amide bonds. The van der Waals surface area contributed by atoms with Gasteiger partial charge in [0.05, 0.1) is 0 Å². The van der Waals surface area contributed by atoms with E-state index in [1.807, 2.05) is 0 Å². The maximum Gasteiger partial charge on any atom is 0 e. The first-order chi connectivity index (χ1) is 3.72. The van der Waals surface area contributed by atoms with E-state index in [4.69, 9.17) is 0 Å². The summed E-state index contributed by atoms with van der Waals surface area (Å²) >= 11 is 0. The van der Waals surface area contributed by atoms with E-state index in [9.17, 15) is 0 Å².